The summed E-state index contributed by atoms with van der Waals surface area (Å²) < 4.78 is 54.7. The smallest absolute Gasteiger partial charge is 0.379 e. The third-order valence-electron chi connectivity index (χ3n) is 4.86. The van der Waals surface area contributed by atoms with Crippen LogP contribution in [0.2, 0.25) is 6.04 Å². The highest BCUT2D eigenvalue weighted by Gasteiger charge is 2.48. The molecular formula is C20H44O10Si2. The fraction of sp³-hybridized carbons (Fsp3) is 1.00. The molecule has 2 saturated heterocycles. The first-order valence-electron chi connectivity index (χ1n) is 11.5. The topological polar surface area (TPSA) is 98.9 Å². The third kappa shape index (κ3) is 11.0. The zero-order chi connectivity index (χ0) is 23.9. The lowest BCUT2D eigenvalue weighted by Gasteiger charge is -2.31. The highest BCUT2D eigenvalue weighted by molar-refractivity contribution is 6.62. The molecule has 32 heavy (non-hydrogen) atoms. The zero-order valence-corrected chi connectivity index (χ0v) is 22.9. The Morgan fingerprint density at radius 3 is 1.62 bits per heavy atom. The predicted molar refractivity (Wildman–Crippen MR) is 123 cm³/mol. The van der Waals surface area contributed by atoms with Gasteiger partial charge in [0, 0.05) is 47.2 Å². The van der Waals surface area contributed by atoms with Crippen LogP contribution in [-0.2, 0) is 45.5 Å². The van der Waals surface area contributed by atoms with E-state index in [4.69, 9.17) is 45.5 Å². The molecule has 192 valence electrons. The molecule has 0 spiro atoms. The molecule has 0 bridgehead atoms. The summed E-state index contributed by atoms with van der Waals surface area (Å²) >= 11 is 0. The third-order valence-corrected chi connectivity index (χ3v) is 10.9. The van der Waals surface area contributed by atoms with E-state index in [1.807, 2.05) is 27.7 Å². The van der Waals surface area contributed by atoms with Crippen molar-refractivity contribution in [2.45, 2.75) is 58.1 Å². The fourth-order valence-electron chi connectivity index (χ4n) is 3.08. The quantitative estimate of drug-likeness (QED) is 0.149. The van der Waals surface area contributed by atoms with Crippen LogP contribution in [0.3, 0.4) is 0 Å². The van der Waals surface area contributed by atoms with Gasteiger partial charge in [0.25, 0.3) is 0 Å². The molecule has 0 aromatic carbocycles. The summed E-state index contributed by atoms with van der Waals surface area (Å²) in [5.74, 6) is 0. The second kappa shape index (κ2) is 16.6. The average molecular weight is 501 g/mol. The van der Waals surface area contributed by atoms with Crippen LogP contribution in [0.1, 0.15) is 34.1 Å². The van der Waals surface area contributed by atoms with Gasteiger partial charge in [-0.2, -0.15) is 0 Å². The van der Waals surface area contributed by atoms with Crippen molar-refractivity contribution in [2.75, 3.05) is 74.2 Å². The minimum Gasteiger partial charge on any atom is -0.379 e. The summed E-state index contributed by atoms with van der Waals surface area (Å²) in [6.07, 6.45) is 1.35. The van der Waals surface area contributed by atoms with Gasteiger partial charge in [0.15, 0.2) is 0 Å². The van der Waals surface area contributed by atoms with E-state index in [1.54, 1.807) is 21.3 Å². The van der Waals surface area contributed by atoms with E-state index in [1.165, 1.54) is 0 Å². The molecule has 12 heteroatoms. The van der Waals surface area contributed by atoms with Gasteiger partial charge in [0.1, 0.15) is 17.9 Å². The summed E-state index contributed by atoms with van der Waals surface area (Å²) in [6.45, 7) is 13.2. The van der Waals surface area contributed by atoms with E-state index >= 15 is 0 Å². The molecule has 3 unspecified atom stereocenters. The number of rotatable bonds is 19. The van der Waals surface area contributed by atoms with E-state index in [0.717, 1.165) is 19.6 Å². The summed E-state index contributed by atoms with van der Waals surface area (Å²) in [4.78, 5) is 0. The maximum atomic E-state index is 5.72. The van der Waals surface area contributed by atoms with E-state index in [2.05, 4.69) is 0 Å². The van der Waals surface area contributed by atoms with Crippen LogP contribution in [0.15, 0.2) is 0 Å². The molecule has 0 aliphatic carbocycles. The van der Waals surface area contributed by atoms with Crippen molar-refractivity contribution >= 4 is 17.6 Å². The minimum absolute atomic E-state index is 0.123. The number of hydrogen-bond acceptors (Lipinski definition) is 10. The highest BCUT2D eigenvalue weighted by Crippen LogP contribution is 2.20. The zero-order valence-electron chi connectivity index (χ0n) is 20.9. The normalized spacial score (nSPS) is 21.1. The first-order chi connectivity index (χ1) is 15.5. The lowest BCUT2D eigenvalue weighted by molar-refractivity contribution is 0.00651. The number of epoxide rings is 2. The van der Waals surface area contributed by atoms with Gasteiger partial charge in [0.05, 0.1) is 33.0 Å². The van der Waals surface area contributed by atoms with Gasteiger partial charge in [-0.15, -0.1) is 0 Å². The Hall–Kier alpha value is 0.0338. The van der Waals surface area contributed by atoms with Crippen molar-refractivity contribution in [3.8, 4) is 0 Å². The monoisotopic (exact) mass is 500 g/mol. The molecule has 2 aliphatic rings. The highest BCUT2D eigenvalue weighted by atomic mass is 28.4. The molecule has 3 atom stereocenters. The molecular weight excluding hydrogens is 456 g/mol. The van der Waals surface area contributed by atoms with Crippen LogP contribution in [-0.4, -0.2) is 110 Å². The van der Waals surface area contributed by atoms with E-state index in [0.29, 0.717) is 51.8 Å². The maximum absolute atomic E-state index is 5.72. The Labute approximate surface area is 195 Å². The van der Waals surface area contributed by atoms with Gasteiger partial charge in [0.2, 0.25) is 0 Å². The largest absolute Gasteiger partial charge is 0.530 e. The van der Waals surface area contributed by atoms with Gasteiger partial charge in [-0.25, -0.2) is 0 Å². The van der Waals surface area contributed by atoms with Crippen molar-refractivity contribution in [2.24, 2.45) is 0 Å². The van der Waals surface area contributed by atoms with Crippen molar-refractivity contribution in [3.63, 3.8) is 0 Å². The van der Waals surface area contributed by atoms with Crippen LogP contribution >= 0.6 is 0 Å². The van der Waals surface area contributed by atoms with Gasteiger partial charge < -0.3 is 45.5 Å². The molecule has 2 rings (SSSR count). The van der Waals surface area contributed by atoms with Crippen LogP contribution in [0.4, 0.5) is 0 Å². The van der Waals surface area contributed by atoms with E-state index in [9.17, 15) is 0 Å². The first-order valence-corrected chi connectivity index (χ1v) is 15.2. The SMILES string of the molecule is CCC(OCC1CO1)[Si](OC)(OC)OC.CCO[Si](CCOCC1CO1)(OCC)OCC. The van der Waals surface area contributed by atoms with Crippen LogP contribution in [0.5, 0.6) is 0 Å². The number of ether oxygens (including phenoxy) is 4. The molecule has 0 aromatic rings. The molecule has 2 aliphatic heterocycles. The Bertz CT molecular complexity index is 436. The summed E-state index contributed by atoms with van der Waals surface area (Å²) in [5.41, 5.74) is -0.123. The second-order valence-electron chi connectivity index (χ2n) is 7.16. The van der Waals surface area contributed by atoms with Crippen molar-refractivity contribution in [1.82, 2.24) is 0 Å². The Morgan fingerprint density at radius 1 is 0.781 bits per heavy atom. The van der Waals surface area contributed by atoms with Crippen LogP contribution in [0, 0.1) is 0 Å². The average Bonchev–Trinajstić information content (AvgIpc) is 3.71. The molecule has 2 fully saturated rings. The molecule has 0 saturated carbocycles. The van der Waals surface area contributed by atoms with E-state index < -0.39 is 17.6 Å². The molecule has 2 heterocycles. The number of hydrogen-bond donors (Lipinski definition) is 0. The van der Waals surface area contributed by atoms with Crippen molar-refractivity contribution in [3.05, 3.63) is 0 Å². The summed E-state index contributed by atoms with van der Waals surface area (Å²) in [5, 5.41) is 0. The summed E-state index contributed by atoms with van der Waals surface area (Å²) in [6, 6.07) is 0.704. The molecule has 0 N–H and O–H groups in total. The summed E-state index contributed by atoms with van der Waals surface area (Å²) in [7, 11) is -0.388. The Morgan fingerprint density at radius 2 is 1.25 bits per heavy atom. The van der Waals surface area contributed by atoms with Gasteiger partial charge in [-0.1, -0.05) is 6.92 Å². The molecule has 0 radical (unpaired) electrons. The standard InChI is InChI=1S/C11H24O5Si.C9H20O5Si/c1-4-14-17(15-5-2,16-6-3)8-7-12-9-11-10-13-11;1-5-9(14-7-8-6-13-8)15(10-2,11-3)12-4/h11H,4-10H2,1-3H3;8-9H,5-7H2,1-4H3. The minimum atomic E-state index is -2.66. The molecule has 10 nitrogen and oxygen atoms in total. The maximum Gasteiger partial charge on any atom is 0.530 e. The van der Waals surface area contributed by atoms with Gasteiger partial charge in [-0.05, 0) is 27.2 Å². The van der Waals surface area contributed by atoms with Gasteiger partial charge >= 0.3 is 17.6 Å². The predicted octanol–water partition coefficient (Wildman–Crippen LogP) is 2.05. The lowest BCUT2D eigenvalue weighted by atomic mass is 10.5. The Kier molecular flexibility index (Phi) is 15.6. The van der Waals surface area contributed by atoms with Crippen molar-refractivity contribution in [1.29, 1.82) is 0 Å². The Balaban J connectivity index is 0.000000323. The second-order valence-corrected chi connectivity index (χ2v) is 13.0. The molecule has 0 aromatic heterocycles. The van der Waals surface area contributed by atoms with Crippen molar-refractivity contribution < 1.29 is 45.5 Å². The van der Waals surface area contributed by atoms with Crippen LogP contribution in [0.25, 0.3) is 0 Å². The fourth-order valence-corrected chi connectivity index (χ4v) is 7.57. The first kappa shape index (κ1) is 30.1. The van der Waals surface area contributed by atoms with Crippen LogP contribution < -0.4 is 0 Å². The van der Waals surface area contributed by atoms with E-state index in [-0.39, 0.29) is 11.8 Å². The van der Waals surface area contributed by atoms with Gasteiger partial charge in [-0.3, -0.25) is 0 Å². The molecule has 0 amide bonds. The lowest BCUT2D eigenvalue weighted by Crippen LogP contribution is -2.55.